The molecule has 0 aromatic heterocycles. The minimum Gasteiger partial charge on any atom is -0.394 e. The second-order valence-corrected chi connectivity index (χ2v) is 4.88. The number of rotatable bonds is 7. The topological polar surface area (TPSA) is 35.9 Å². The predicted molar refractivity (Wildman–Crippen MR) is 65.6 cm³/mol. The first kappa shape index (κ1) is 13.9. The highest BCUT2D eigenvalue weighted by Crippen LogP contribution is 2.17. The molecule has 1 heterocycles. The van der Waals surface area contributed by atoms with Crippen LogP contribution in [0.3, 0.4) is 0 Å². The van der Waals surface area contributed by atoms with E-state index in [4.69, 9.17) is 9.84 Å². The van der Waals surface area contributed by atoms with Gasteiger partial charge in [-0.25, -0.2) is 0 Å². The van der Waals surface area contributed by atoms with Crippen LogP contribution >= 0.6 is 0 Å². The van der Waals surface area contributed by atoms with Crippen molar-refractivity contribution in [1.82, 2.24) is 9.80 Å². The fraction of sp³-hybridized carbons (Fsp3) is 1.00. The van der Waals surface area contributed by atoms with E-state index in [1.54, 1.807) is 0 Å². The van der Waals surface area contributed by atoms with E-state index < -0.39 is 0 Å². The Hall–Kier alpha value is -0.160. The molecule has 1 fully saturated rings. The second kappa shape index (κ2) is 8.01. The van der Waals surface area contributed by atoms with Gasteiger partial charge in [0.15, 0.2) is 0 Å². The van der Waals surface area contributed by atoms with Crippen LogP contribution in [-0.2, 0) is 4.74 Å². The third-order valence-corrected chi connectivity index (χ3v) is 3.12. The number of aliphatic hydroxyl groups excluding tert-OH is 1. The number of piperidine rings is 1. The Bertz CT molecular complexity index is 168. The van der Waals surface area contributed by atoms with Crippen molar-refractivity contribution in [2.45, 2.75) is 12.8 Å². The summed E-state index contributed by atoms with van der Waals surface area (Å²) in [6.45, 7) is 5.96. The van der Waals surface area contributed by atoms with Crippen molar-refractivity contribution in [3.63, 3.8) is 0 Å². The van der Waals surface area contributed by atoms with Gasteiger partial charge in [0.1, 0.15) is 0 Å². The Kier molecular flexibility index (Phi) is 6.96. The minimum atomic E-state index is 0.130. The molecule has 0 aromatic carbocycles. The number of likely N-dealkylation sites (tertiary alicyclic amines) is 1. The van der Waals surface area contributed by atoms with Crippen molar-refractivity contribution in [2.24, 2.45) is 5.92 Å². The summed E-state index contributed by atoms with van der Waals surface area (Å²) in [4.78, 5) is 4.74. The highest BCUT2D eigenvalue weighted by atomic mass is 16.5. The SMILES string of the molecule is CN(C)CC1CCN(CCOCCO)CC1. The van der Waals surface area contributed by atoms with Gasteiger partial charge in [-0.1, -0.05) is 0 Å². The molecule has 4 nitrogen and oxygen atoms in total. The molecule has 1 rings (SSSR count). The van der Waals surface area contributed by atoms with Crippen LogP contribution < -0.4 is 0 Å². The molecule has 1 N–H and O–H groups in total. The van der Waals surface area contributed by atoms with Gasteiger partial charge >= 0.3 is 0 Å². The van der Waals surface area contributed by atoms with Gasteiger partial charge in [0, 0.05) is 13.1 Å². The van der Waals surface area contributed by atoms with Crippen LogP contribution in [0.15, 0.2) is 0 Å². The molecule has 4 heteroatoms. The minimum absolute atomic E-state index is 0.130. The summed E-state index contributed by atoms with van der Waals surface area (Å²) < 4.78 is 5.28. The van der Waals surface area contributed by atoms with Gasteiger partial charge in [0.05, 0.1) is 19.8 Å². The summed E-state index contributed by atoms with van der Waals surface area (Å²) in [7, 11) is 4.30. The van der Waals surface area contributed by atoms with Crippen LogP contribution in [0.25, 0.3) is 0 Å². The maximum atomic E-state index is 8.58. The number of ether oxygens (including phenoxy) is 1. The zero-order valence-corrected chi connectivity index (χ0v) is 10.7. The molecule has 1 aliphatic heterocycles. The number of hydrogen-bond donors (Lipinski definition) is 1. The van der Waals surface area contributed by atoms with E-state index in [1.807, 2.05) is 0 Å². The highest BCUT2D eigenvalue weighted by molar-refractivity contribution is 4.73. The first-order valence-electron chi connectivity index (χ1n) is 6.28. The van der Waals surface area contributed by atoms with Gasteiger partial charge in [-0.15, -0.1) is 0 Å². The zero-order valence-electron chi connectivity index (χ0n) is 10.7. The van der Waals surface area contributed by atoms with Crippen LogP contribution in [0.5, 0.6) is 0 Å². The largest absolute Gasteiger partial charge is 0.394 e. The van der Waals surface area contributed by atoms with Gasteiger partial charge in [-0.3, -0.25) is 0 Å². The van der Waals surface area contributed by atoms with E-state index >= 15 is 0 Å². The maximum absolute atomic E-state index is 8.58. The first-order chi connectivity index (χ1) is 7.72. The molecule has 1 aliphatic rings. The van der Waals surface area contributed by atoms with Crippen LogP contribution in [0.4, 0.5) is 0 Å². The van der Waals surface area contributed by atoms with Crippen LogP contribution in [0.2, 0.25) is 0 Å². The Morgan fingerprint density at radius 1 is 1.25 bits per heavy atom. The fourth-order valence-corrected chi connectivity index (χ4v) is 2.27. The Labute approximate surface area is 99.2 Å². The third kappa shape index (κ3) is 5.80. The normalized spacial score (nSPS) is 19.5. The first-order valence-corrected chi connectivity index (χ1v) is 6.28. The van der Waals surface area contributed by atoms with Crippen LogP contribution in [0.1, 0.15) is 12.8 Å². The number of hydrogen-bond acceptors (Lipinski definition) is 4. The van der Waals surface area contributed by atoms with E-state index in [0.717, 1.165) is 19.1 Å². The lowest BCUT2D eigenvalue weighted by Crippen LogP contribution is -2.38. The molecule has 96 valence electrons. The molecular weight excluding hydrogens is 204 g/mol. The van der Waals surface area contributed by atoms with E-state index in [2.05, 4.69) is 23.9 Å². The predicted octanol–water partition coefficient (Wildman–Crippen LogP) is 0.269. The average molecular weight is 230 g/mol. The van der Waals surface area contributed by atoms with E-state index in [1.165, 1.54) is 32.5 Å². The lowest BCUT2D eigenvalue weighted by molar-refractivity contribution is 0.0631. The molecule has 16 heavy (non-hydrogen) atoms. The van der Waals surface area contributed by atoms with E-state index in [0.29, 0.717) is 6.61 Å². The zero-order chi connectivity index (χ0) is 11.8. The molecule has 0 aromatic rings. The standard InChI is InChI=1S/C12H26N2O2/c1-13(2)11-12-3-5-14(6-4-12)7-9-16-10-8-15/h12,15H,3-11H2,1-2H3. The summed E-state index contributed by atoms with van der Waals surface area (Å²) in [5.41, 5.74) is 0. The molecule has 0 atom stereocenters. The summed E-state index contributed by atoms with van der Waals surface area (Å²) in [6, 6.07) is 0. The van der Waals surface area contributed by atoms with Crippen molar-refractivity contribution in [3.05, 3.63) is 0 Å². The molecule has 0 spiro atoms. The molecule has 0 radical (unpaired) electrons. The van der Waals surface area contributed by atoms with Gasteiger partial charge in [-0.2, -0.15) is 0 Å². The monoisotopic (exact) mass is 230 g/mol. The maximum Gasteiger partial charge on any atom is 0.0698 e. The van der Waals surface area contributed by atoms with Gasteiger partial charge in [0.2, 0.25) is 0 Å². The second-order valence-electron chi connectivity index (χ2n) is 4.88. The number of aliphatic hydroxyl groups is 1. The molecule has 1 saturated heterocycles. The summed E-state index contributed by atoms with van der Waals surface area (Å²) >= 11 is 0. The molecule has 0 bridgehead atoms. The van der Waals surface area contributed by atoms with Crippen molar-refractivity contribution in [2.75, 3.05) is 60.1 Å². The van der Waals surface area contributed by atoms with Gasteiger partial charge in [0.25, 0.3) is 0 Å². The van der Waals surface area contributed by atoms with Crippen LogP contribution in [0, 0.1) is 5.92 Å². The summed E-state index contributed by atoms with van der Waals surface area (Å²) in [6.07, 6.45) is 2.61. The van der Waals surface area contributed by atoms with Crippen molar-refractivity contribution in [3.8, 4) is 0 Å². The molecule has 0 amide bonds. The summed E-state index contributed by atoms with van der Waals surface area (Å²) in [5.74, 6) is 0.865. The molecule has 0 unspecified atom stereocenters. The molecular formula is C12H26N2O2. The van der Waals surface area contributed by atoms with Crippen LogP contribution in [-0.4, -0.2) is 75.0 Å². The van der Waals surface area contributed by atoms with Gasteiger partial charge < -0.3 is 19.6 Å². The van der Waals surface area contributed by atoms with Crippen molar-refractivity contribution >= 4 is 0 Å². The van der Waals surface area contributed by atoms with Crippen molar-refractivity contribution < 1.29 is 9.84 Å². The van der Waals surface area contributed by atoms with E-state index in [-0.39, 0.29) is 6.61 Å². The highest BCUT2D eigenvalue weighted by Gasteiger charge is 2.18. The van der Waals surface area contributed by atoms with Gasteiger partial charge in [-0.05, 0) is 45.9 Å². The Morgan fingerprint density at radius 3 is 2.50 bits per heavy atom. The Balaban J connectivity index is 2.03. The van der Waals surface area contributed by atoms with E-state index in [9.17, 15) is 0 Å². The smallest absolute Gasteiger partial charge is 0.0698 e. The average Bonchev–Trinajstić information content (AvgIpc) is 2.26. The lowest BCUT2D eigenvalue weighted by Gasteiger charge is -2.33. The molecule has 0 aliphatic carbocycles. The fourth-order valence-electron chi connectivity index (χ4n) is 2.27. The Morgan fingerprint density at radius 2 is 1.94 bits per heavy atom. The number of nitrogens with zero attached hydrogens (tertiary/aromatic N) is 2. The summed E-state index contributed by atoms with van der Waals surface area (Å²) in [5, 5.41) is 8.58. The third-order valence-electron chi connectivity index (χ3n) is 3.12. The lowest BCUT2D eigenvalue weighted by atomic mass is 9.96. The quantitative estimate of drug-likeness (QED) is 0.637. The molecule has 0 saturated carbocycles. The van der Waals surface area contributed by atoms with Crippen molar-refractivity contribution in [1.29, 1.82) is 0 Å².